The van der Waals surface area contributed by atoms with Crippen molar-refractivity contribution >= 4 is 5.91 Å². The number of carbonyl (C=O) groups excluding carboxylic acids is 1. The van der Waals surface area contributed by atoms with Gasteiger partial charge in [0, 0.05) is 6.92 Å². The Labute approximate surface area is 143 Å². The average Bonchev–Trinajstić information content (AvgIpc) is 2.55. The Morgan fingerprint density at radius 2 is 1.68 bits per heavy atom. The zero-order valence-corrected chi connectivity index (χ0v) is 13.8. The van der Waals surface area contributed by atoms with Crippen LogP contribution in [-0.2, 0) is 19.0 Å². The van der Waals surface area contributed by atoms with Crippen LogP contribution in [0.25, 0.3) is 0 Å². The number of ether oxygens (including phenoxy) is 3. The van der Waals surface area contributed by atoms with Crippen molar-refractivity contribution in [2.45, 2.75) is 75.2 Å². The molecule has 1 amide bonds. The second kappa shape index (κ2) is 8.20. The number of aliphatic hydroxyl groups is 6. The van der Waals surface area contributed by atoms with Crippen LogP contribution >= 0.6 is 0 Å². The van der Waals surface area contributed by atoms with Gasteiger partial charge in [0.2, 0.25) is 5.91 Å². The highest BCUT2D eigenvalue weighted by molar-refractivity contribution is 5.73. The van der Waals surface area contributed by atoms with E-state index in [1.54, 1.807) is 0 Å². The first-order chi connectivity index (χ1) is 11.7. The van der Waals surface area contributed by atoms with Gasteiger partial charge < -0.3 is 50.2 Å². The summed E-state index contributed by atoms with van der Waals surface area (Å²) in [4.78, 5) is 11.4. The van der Waals surface area contributed by atoms with Crippen LogP contribution in [0.1, 0.15) is 13.8 Å². The molecule has 2 heterocycles. The Kier molecular flexibility index (Phi) is 6.70. The zero-order valence-electron chi connectivity index (χ0n) is 13.8. The van der Waals surface area contributed by atoms with Gasteiger partial charge in [-0.15, -0.1) is 0 Å². The first-order valence-electron chi connectivity index (χ1n) is 7.92. The van der Waals surface area contributed by atoms with Gasteiger partial charge in [-0.3, -0.25) is 4.79 Å². The minimum absolute atomic E-state index is 0.544. The topological polar surface area (TPSA) is 178 Å². The van der Waals surface area contributed by atoms with Gasteiger partial charge in [-0.25, -0.2) is 0 Å². The van der Waals surface area contributed by atoms with E-state index in [1.165, 1.54) is 13.8 Å². The molecule has 2 aliphatic rings. The quantitative estimate of drug-likeness (QED) is 0.257. The zero-order chi connectivity index (χ0) is 18.9. The summed E-state index contributed by atoms with van der Waals surface area (Å²) in [5, 5.41) is 61.6. The molecule has 2 saturated heterocycles. The average molecular weight is 367 g/mol. The summed E-state index contributed by atoms with van der Waals surface area (Å²) >= 11 is 0. The summed E-state index contributed by atoms with van der Waals surface area (Å²) < 4.78 is 15.8. The highest BCUT2D eigenvalue weighted by Crippen LogP contribution is 2.28. The lowest BCUT2D eigenvalue weighted by Crippen LogP contribution is -2.67. The molecule has 25 heavy (non-hydrogen) atoms. The van der Waals surface area contributed by atoms with Crippen molar-refractivity contribution in [2.24, 2.45) is 0 Å². The number of hydrogen-bond acceptors (Lipinski definition) is 10. The predicted octanol–water partition coefficient (Wildman–Crippen LogP) is -4.23. The van der Waals surface area contributed by atoms with Crippen LogP contribution in [0, 0.1) is 0 Å². The lowest BCUT2D eigenvalue weighted by atomic mass is 9.95. The fourth-order valence-corrected chi connectivity index (χ4v) is 2.91. The second-order valence-corrected chi connectivity index (χ2v) is 6.25. The summed E-state index contributed by atoms with van der Waals surface area (Å²) in [6.45, 7) is 2.00. The van der Waals surface area contributed by atoms with E-state index in [9.17, 15) is 35.4 Å². The standard InChI is InChI=1S/C14H25NO10/c1-4-8(18)12(11(21)13(22)23-4)25-14-7(15-5(2)17)10(20)9(19)6(3-16)24-14/h4,6-14,16,18-22H,3H2,1-2H3,(H,15,17)/t4-,6+,7+,8+,9-,10+,11-,12+,13?,14+/m0/s1. The normalized spacial score (nSPS) is 48.2. The molecule has 0 radical (unpaired) electrons. The second-order valence-electron chi connectivity index (χ2n) is 6.25. The Balaban J connectivity index is 2.21. The molecule has 0 aromatic carbocycles. The van der Waals surface area contributed by atoms with E-state index in [2.05, 4.69) is 5.32 Å². The lowest BCUT2D eigenvalue weighted by molar-refractivity contribution is -0.338. The van der Waals surface area contributed by atoms with Gasteiger partial charge in [0.1, 0.15) is 42.7 Å². The predicted molar refractivity (Wildman–Crippen MR) is 78.8 cm³/mol. The molecule has 0 saturated carbocycles. The number of aliphatic hydroxyl groups excluding tert-OH is 6. The van der Waals surface area contributed by atoms with Crippen LogP contribution < -0.4 is 5.32 Å². The van der Waals surface area contributed by atoms with Gasteiger partial charge in [-0.1, -0.05) is 0 Å². The third-order valence-electron chi connectivity index (χ3n) is 4.34. The Morgan fingerprint density at radius 1 is 1.04 bits per heavy atom. The Hall–Kier alpha value is -0.890. The van der Waals surface area contributed by atoms with E-state index < -0.39 is 73.9 Å². The van der Waals surface area contributed by atoms with Gasteiger partial charge in [-0.05, 0) is 6.92 Å². The van der Waals surface area contributed by atoms with E-state index in [4.69, 9.17) is 14.2 Å². The SMILES string of the molecule is CC(=O)N[C@H]1[C@@H](O[C@@H]2[C@H](O)[C@H](C)OC(O)[C@H]2O)O[C@H](CO)[C@H](O)[C@@H]1O. The summed E-state index contributed by atoms with van der Waals surface area (Å²) in [5.41, 5.74) is 0. The van der Waals surface area contributed by atoms with Crippen LogP contribution in [0.5, 0.6) is 0 Å². The van der Waals surface area contributed by atoms with E-state index in [0.29, 0.717) is 0 Å². The fraction of sp³-hybridized carbons (Fsp3) is 0.929. The van der Waals surface area contributed by atoms with Crippen molar-refractivity contribution in [2.75, 3.05) is 6.61 Å². The van der Waals surface area contributed by atoms with Crippen molar-refractivity contribution in [1.29, 1.82) is 0 Å². The maximum atomic E-state index is 11.4. The van der Waals surface area contributed by atoms with Crippen molar-refractivity contribution in [3.05, 3.63) is 0 Å². The highest BCUT2D eigenvalue weighted by atomic mass is 16.7. The minimum Gasteiger partial charge on any atom is -0.394 e. The van der Waals surface area contributed by atoms with Crippen LogP contribution in [0.15, 0.2) is 0 Å². The molecule has 2 fully saturated rings. The smallest absolute Gasteiger partial charge is 0.217 e. The number of amides is 1. The number of hydrogen-bond donors (Lipinski definition) is 7. The third-order valence-corrected chi connectivity index (χ3v) is 4.34. The third kappa shape index (κ3) is 4.27. The van der Waals surface area contributed by atoms with Crippen molar-refractivity contribution in [1.82, 2.24) is 5.32 Å². The van der Waals surface area contributed by atoms with Crippen molar-refractivity contribution < 1.29 is 49.6 Å². The first-order valence-corrected chi connectivity index (χ1v) is 7.92. The first kappa shape index (κ1) is 20.4. The summed E-state index contributed by atoms with van der Waals surface area (Å²) in [7, 11) is 0. The molecule has 0 aromatic rings. The summed E-state index contributed by atoms with van der Waals surface area (Å²) in [6.07, 6.45) is -12.4. The molecule has 146 valence electrons. The monoisotopic (exact) mass is 367 g/mol. The molecule has 0 spiro atoms. The van der Waals surface area contributed by atoms with Gasteiger partial charge in [0.15, 0.2) is 12.6 Å². The van der Waals surface area contributed by atoms with E-state index in [0.717, 1.165) is 0 Å². The highest BCUT2D eigenvalue weighted by Gasteiger charge is 2.50. The Morgan fingerprint density at radius 3 is 2.24 bits per heavy atom. The number of rotatable bonds is 4. The molecule has 0 bridgehead atoms. The van der Waals surface area contributed by atoms with E-state index in [1.807, 2.05) is 0 Å². The van der Waals surface area contributed by atoms with Gasteiger partial charge in [-0.2, -0.15) is 0 Å². The molecule has 1 unspecified atom stereocenters. The molecule has 11 heteroatoms. The molecule has 0 aliphatic carbocycles. The van der Waals surface area contributed by atoms with Crippen molar-refractivity contribution in [3.63, 3.8) is 0 Å². The van der Waals surface area contributed by atoms with Gasteiger partial charge in [0.05, 0.1) is 12.7 Å². The molecule has 11 nitrogen and oxygen atoms in total. The van der Waals surface area contributed by atoms with Crippen LogP contribution in [0.4, 0.5) is 0 Å². The van der Waals surface area contributed by atoms with Gasteiger partial charge >= 0.3 is 0 Å². The van der Waals surface area contributed by atoms with Crippen LogP contribution in [-0.4, -0.2) is 105 Å². The fourth-order valence-electron chi connectivity index (χ4n) is 2.91. The molecule has 2 aliphatic heterocycles. The summed E-state index contributed by atoms with van der Waals surface area (Å²) in [6, 6.07) is -1.23. The van der Waals surface area contributed by atoms with E-state index >= 15 is 0 Å². The number of nitrogens with one attached hydrogen (secondary N) is 1. The molecule has 2 rings (SSSR count). The maximum absolute atomic E-state index is 11.4. The molecule has 10 atom stereocenters. The van der Waals surface area contributed by atoms with Gasteiger partial charge in [0.25, 0.3) is 0 Å². The molecular formula is C14H25NO10. The van der Waals surface area contributed by atoms with Crippen LogP contribution in [0.3, 0.4) is 0 Å². The maximum Gasteiger partial charge on any atom is 0.217 e. The Bertz CT molecular complexity index is 451. The lowest BCUT2D eigenvalue weighted by Gasteiger charge is -2.46. The summed E-state index contributed by atoms with van der Waals surface area (Å²) in [5.74, 6) is -0.544. The van der Waals surface area contributed by atoms with Crippen LogP contribution in [0.2, 0.25) is 0 Å². The largest absolute Gasteiger partial charge is 0.394 e. The van der Waals surface area contributed by atoms with E-state index in [-0.39, 0.29) is 0 Å². The minimum atomic E-state index is -1.62. The molecular weight excluding hydrogens is 342 g/mol. The molecule has 0 aromatic heterocycles. The molecule has 7 N–H and O–H groups in total. The number of carbonyl (C=O) groups is 1. The van der Waals surface area contributed by atoms with Crippen molar-refractivity contribution in [3.8, 4) is 0 Å².